The van der Waals surface area contributed by atoms with E-state index in [4.69, 9.17) is 0 Å². The molecular weight excluding hydrogens is 394 g/mol. The van der Waals surface area contributed by atoms with E-state index in [0.29, 0.717) is 6.42 Å². The highest BCUT2D eigenvalue weighted by Crippen LogP contribution is 2.16. The summed E-state index contributed by atoms with van der Waals surface area (Å²) in [7, 11) is 0. The lowest BCUT2D eigenvalue weighted by atomic mass is 10.1. The normalized spacial score (nSPS) is 12.6. The van der Waals surface area contributed by atoms with Crippen molar-refractivity contribution in [2.75, 3.05) is 0 Å². The lowest BCUT2D eigenvalue weighted by Crippen LogP contribution is -2.04. The van der Waals surface area contributed by atoms with Crippen LogP contribution in [0.1, 0.15) is 84.0 Å². The Morgan fingerprint density at radius 3 is 1.77 bits per heavy atom. The van der Waals surface area contributed by atoms with Crippen LogP contribution in [0.4, 0.5) is 0 Å². The molecule has 0 amide bonds. The van der Waals surface area contributed by atoms with Crippen molar-refractivity contribution < 1.29 is 19.6 Å². The second-order valence-electron chi connectivity index (χ2n) is 6.82. The highest BCUT2D eigenvalue weighted by molar-refractivity contribution is 5.50. The van der Waals surface area contributed by atoms with Crippen molar-refractivity contribution in [1.82, 2.24) is 0 Å². The average molecular weight is 424 g/mol. The highest BCUT2D eigenvalue weighted by Gasteiger charge is 2.17. The molecule has 0 N–H and O–H groups in total. The predicted molar refractivity (Wildman–Crippen MR) is 112 cm³/mol. The molecule has 0 rings (SSSR count). The fourth-order valence-electron chi connectivity index (χ4n) is 2.71. The van der Waals surface area contributed by atoms with Gasteiger partial charge in [-0.3, -0.25) is 35.1 Å². The minimum atomic E-state index is -0.696. The minimum absolute atomic E-state index is 0.00839. The molecule has 0 bridgehead atoms. The topological polar surface area (TPSA) is 146 Å². The van der Waals surface area contributed by atoms with Gasteiger partial charge in [-0.05, 0) is 37.5 Å². The average Bonchev–Trinajstić information content (AvgIpc) is 2.69. The van der Waals surface area contributed by atoms with Gasteiger partial charge in [0, 0.05) is 12.8 Å². The van der Waals surface area contributed by atoms with Crippen molar-refractivity contribution in [1.29, 1.82) is 0 Å². The van der Waals surface area contributed by atoms with E-state index >= 15 is 0 Å². The second kappa shape index (κ2) is 17.0. The number of hydrogen-bond acceptors (Lipinski definition) is 7. The molecule has 1 radical (unpaired) electrons. The summed E-state index contributed by atoms with van der Waals surface area (Å²) in [6.45, 7) is 2.12. The van der Waals surface area contributed by atoms with Crippen LogP contribution in [0.25, 0.3) is 0 Å². The van der Waals surface area contributed by atoms with Crippen molar-refractivity contribution in [3.8, 4) is 0 Å². The van der Waals surface area contributed by atoms with Crippen molar-refractivity contribution in [3.63, 3.8) is 0 Å². The number of nitro groups is 3. The van der Waals surface area contributed by atoms with E-state index in [1.807, 2.05) is 0 Å². The Bertz CT molecular complexity index is 669. The summed E-state index contributed by atoms with van der Waals surface area (Å²) >= 11 is 0. The fraction of sp³-hybridized carbons (Fsp3) is 0.650. The second-order valence-corrected chi connectivity index (χ2v) is 6.82. The lowest BCUT2D eigenvalue weighted by molar-refractivity contribution is -0.434. The molecule has 0 aromatic carbocycles. The Hall–Kier alpha value is -2.91. The Morgan fingerprint density at radius 1 is 0.733 bits per heavy atom. The van der Waals surface area contributed by atoms with Crippen LogP contribution in [0.5, 0.6) is 0 Å². The van der Waals surface area contributed by atoms with Gasteiger partial charge in [0.25, 0.3) is 0 Å². The molecule has 0 aliphatic heterocycles. The summed E-state index contributed by atoms with van der Waals surface area (Å²) < 4.78 is 0. The fourth-order valence-corrected chi connectivity index (χ4v) is 2.71. The van der Waals surface area contributed by atoms with Crippen LogP contribution in [0.3, 0.4) is 0 Å². The molecule has 0 fully saturated rings. The molecule has 10 nitrogen and oxygen atoms in total. The van der Waals surface area contributed by atoms with Crippen LogP contribution in [0.2, 0.25) is 0 Å². The quantitative estimate of drug-likeness (QED) is 0.165. The summed E-state index contributed by atoms with van der Waals surface area (Å²) in [5.41, 5.74) is -0.697. The molecule has 0 heterocycles. The van der Waals surface area contributed by atoms with E-state index in [0.717, 1.165) is 44.3 Å². The summed E-state index contributed by atoms with van der Waals surface area (Å²) in [6.07, 6.45) is 11.9. The molecule has 0 unspecified atom stereocenters. The van der Waals surface area contributed by atoms with E-state index in [2.05, 4.69) is 6.92 Å². The van der Waals surface area contributed by atoms with Crippen LogP contribution in [-0.4, -0.2) is 21.1 Å². The first kappa shape index (κ1) is 27.1. The first-order chi connectivity index (χ1) is 14.3. The zero-order valence-corrected chi connectivity index (χ0v) is 17.4. The number of hydrogen-bond donors (Lipinski definition) is 0. The van der Waals surface area contributed by atoms with Gasteiger partial charge in [0.05, 0.1) is 27.6 Å². The summed E-state index contributed by atoms with van der Waals surface area (Å²) in [6, 6.07) is 0. The summed E-state index contributed by atoms with van der Waals surface area (Å²) in [4.78, 5) is 41.7. The van der Waals surface area contributed by atoms with Crippen molar-refractivity contribution in [3.05, 3.63) is 65.7 Å². The zero-order chi connectivity index (χ0) is 22.8. The van der Waals surface area contributed by atoms with Gasteiger partial charge < -0.3 is 0 Å². The molecule has 30 heavy (non-hydrogen) atoms. The Labute approximate surface area is 176 Å². The molecule has 0 aliphatic carbocycles. The van der Waals surface area contributed by atoms with Gasteiger partial charge in [0.1, 0.15) is 0 Å². The van der Waals surface area contributed by atoms with Crippen LogP contribution < -0.4 is 0 Å². The molecular formula is C20H30N3O7. The number of nitrogens with zero attached hydrogens (tertiary/aromatic N) is 3. The van der Waals surface area contributed by atoms with Crippen LogP contribution in [-0.2, 0) is 4.79 Å². The van der Waals surface area contributed by atoms with E-state index in [1.165, 1.54) is 12.5 Å². The van der Waals surface area contributed by atoms with Gasteiger partial charge in [-0.2, -0.15) is 0 Å². The number of allylic oxidation sites excluding steroid dienone is 4. The molecule has 0 saturated carbocycles. The molecule has 167 valence electrons. The molecule has 0 atom stereocenters. The van der Waals surface area contributed by atoms with Crippen LogP contribution >= 0.6 is 0 Å². The first-order valence-corrected chi connectivity index (χ1v) is 10.2. The summed E-state index contributed by atoms with van der Waals surface area (Å²) in [5, 5.41) is 33.4. The van der Waals surface area contributed by atoms with Gasteiger partial charge in [-0.15, -0.1) is 0 Å². The lowest BCUT2D eigenvalue weighted by Gasteiger charge is -2.00. The standard InChI is InChI=1S/C20H30N3O7/c1-2-3-4-5-6-7-8-11-18(21(25)26)13-15-20(23(29)30)16-14-19(22(27)28)12-9-10-17-24/h11,14-15H,2-10,12-13,16H2,1H3/b18-11+,19-14+,20-15+. The molecule has 0 spiro atoms. The SMILES string of the molecule is CCCCCCCC/C=C(\C/C=C(\C/C=C(\CCC[C]=O)[N+](=O)[O-])[N+](=O)[O-])[N+](=O)[O-]. The predicted octanol–water partition coefficient (Wildman–Crippen LogP) is 5.28. The Morgan fingerprint density at radius 2 is 1.23 bits per heavy atom. The maximum atomic E-state index is 11.2. The number of carbonyl (C=O) groups excluding carboxylic acids is 1. The van der Waals surface area contributed by atoms with Crippen LogP contribution in [0.15, 0.2) is 35.3 Å². The maximum absolute atomic E-state index is 11.2. The van der Waals surface area contributed by atoms with Crippen LogP contribution in [0, 0.1) is 30.3 Å². The molecule has 0 aromatic rings. The molecule has 0 aromatic heterocycles. The third-order valence-corrected chi connectivity index (χ3v) is 4.45. The molecule has 0 saturated heterocycles. The van der Waals surface area contributed by atoms with E-state index in [1.54, 1.807) is 6.29 Å². The van der Waals surface area contributed by atoms with Gasteiger partial charge in [0.2, 0.25) is 17.1 Å². The molecule has 10 heteroatoms. The van der Waals surface area contributed by atoms with Gasteiger partial charge >= 0.3 is 0 Å². The third-order valence-electron chi connectivity index (χ3n) is 4.45. The van der Waals surface area contributed by atoms with Crippen molar-refractivity contribution in [2.45, 2.75) is 84.0 Å². The third kappa shape index (κ3) is 13.3. The van der Waals surface area contributed by atoms with Crippen molar-refractivity contribution >= 4 is 6.29 Å². The molecule has 0 aliphatic rings. The number of rotatable bonds is 18. The van der Waals surface area contributed by atoms with E-state index in [-0.39, 0.29) is 49.2 Å². The first-order valence-electron chi connectivity index (χ1n) is 10.2. The maximum Gasteiger partial charge on any atom is 0.246 e. The van der Waals surface area contributed by atoms with E-state index in [9.17, 15) is 35.1 Å². The smallest absolute Gasteiger partial charge is 0.246 e. The Kier molecular flexibility index (Phi) is 15.3. The van der Waals surface area contributed by atoms with Gasteiger partial charge in [0.15, 0.2) is 6.29 Å². The van der Waals surface area contributed by atoms with Crippen molar-refractivity contribution in [2.24, 2.45) is 0 Å². The monoisotopic (exact) mass is 424 g/mol. The largest absolute Gasteiger partial charge is 0.291 e. The number of unbranched alkanes of at least 4 members (excludes halogenated alkanes) is 7. The zero-order valence-electron chi connectivity index (χ0n) is 17.4. The van der Waals surface area contributed by atoms with Gasteiger partial charge in [-0.25, -0.2) is 0 Å². The van der Waals surface area contributed by atoms with E-state index < -0.39 is 14.8 Å². The van der Waals surface area contributed by atoms with Gasteiger partial charge in [-0.1, -0.05) is 39.0 Å². The minimum Gasteiger partial charge on any atom is -0.291 e. The Balaban J connectivity index is 4.95. The summed E-state index contributed by atoms with van der Waals surface area (Å²) in [5.74, 6) is 0. The highest BCUT2D eigenvalue weighted by atomic mass is 16.6.